The zero-order valence-electron chi connectivity index (χ0n) is 18.2. The number of aromatic nitrogens is 3. The summed E-state index contributed by atoms with van der Waals surface area (Å²) in [6.45, 7) is 0.311. The van der Waals surface area contributed by atoms with Crippen LogP contribution in [0.1, 0.15) is 35.1 Å². The van der Waals surface area contributed by atoms with Crippen LogP contribution in [0.4, 0.5) is 4.79 Å². The number of rotatable bonds is 7. The van der Waals surface area contributed by atoms with E-state index < -0.39 is 18.3 Å². The zero-order chi connectivity index (χ0) is 23.7. The minimum atomic E-state index is -1.23. The average molecular weight is 460 g/mol. The molecule has 1 aliphatic rings. The summed E-state index contributed by atoms with van der Waals surface area (Å²) in [5.74, 6) is -0.0358. The fourth-order valence-electron chi connectivity index (χ4n) is 4.47. The smallest absolute Gasteiger partial charge is 0.407 e. The van der Waals surface area contributed by atoms with Crippen LogP contribution in [-0.4, -0.2) is 50.2 Å². The van der Waals surface area contributed by atoms with E-state index in [1.807, 2.05) is 36.4 Å². The van der Waals surface area contributed by atoms with Gasteiger partial charge in [0.15, 0.2) is 0 Å². The molecule has 9 heteroatoms. The molecule has 0 fully saturated rings. The lowest BCUT2D eigenvalue weighted by Gasteiger charge is -2.17. The van der Waals surface area contributed by atoms with Gasteiger partial charge in [0.2, 0.25) is 0 Å². The predicted octanol–water partition coefficient (Wildman–Crippen LogP) is 2.35. The molecule has 2 atom stereocenters. The van der Waals surface area contributed by atoms with Crippen molar-refractivity contribution in [1.82, 2.24) is 19.9 Å². The van der Waals surface area contributed by atoms with E-state index in [0.29, 0.717) is 5.56 Å². The maximum atomic E-state index is 12.3. The minimum Gasteiger partial charge on any atom is -0.449 e. The second kappa shape index (κ2) is 9.12. The van der Waals surface area contributed by atoms with Crippen LogP contribution in [-0.2, 0) is 4.74 Å². The Bertz CT molecular complexity index is 1350. The van der Waals surface area contributed by atoms with Gasteiger partial charge < -0.3 is 25.3 Å². The van der Waals surface area contributed by atoms with Gasteiger partial charge in [-0.05, 0) is 34.7 Å². The number of hydrogen-bond acceptors (Lipinski definition) is 6. The van der Waals surface area contributed by atoms with E-state index in [-0.39, 0.29) is 36.6 Å². The van der Waals surface area contributed by atoms with Crippen molar-refractivity contribution in [3.05, 3.63) is 94.2 Å². The molecule has 2 heterocycles. The molecule has 0 aliphatic heterocycles. The van der Waals surface area contributed by atoms with E-state index in [0.717, 1.165) is 22.3 Å². The van der Waals surface area contributed by atoms with Crippen LogP contribution in [0.15, 0.2) is 71.9 Å². The number of fused-ring (bicyclic) bond motifs is 4. The van der Waals surface area contributed by atoms with Gasteiger partial charge in [0.25, 0.3) is 5.56 Å². The molecule has 0 spiro atoms. The second-order valence-corrected chi connectivity index (χ2v) is 8.27. The molecular formula is C25H24N4O5. The molecule has 1 aliphatic carbocycles. The van der Waals surface area contributed by atoms with E-state index in [9.17, 15) is 19.8 Å². The Morgan fingerprint density at radius 2 is 1.79 bits per heavy atom. The molecule has 9 nitrogen and oxygen atoms in total. The van der Waals surface area contributed by atoms with Crippen molar-refractivity contribution >= 4 is 11.6 Å². The fraction of sp³-hybridized carbons (Fsp3) is 0.240. The van der Waals surface area contributed by atoms with Crippen molar-refractivity contribution < 1.29 is 19.7 Å². The molecule has 4 N–H and O–H groups in total. The lowest BCUT2D eigenvalue weighted by molar-refractivity contribution is 0.0137. The summed E-state index contributed by atoms with van der Waals surface area (Å²) in [6, 6.07) is 17.7. The van der Waals surface area contributed by atoms with Gasteiger partial charge in [-0.15, -0.1) is 0 Å². The normalized spacial score (nSPS) is 14.4. The van der Waals surface area contributed by atoms with Crippen molar-refractivity contribution in [2.24, 2.45) is 0 Å². The van der Waals surface area contributed by atoms with Crippen molar-refractivity contribution in [2.45, 2.75) is 24.5 Å². The Labute approximate surface area is 194 Å². The van der Waals surface area contributed by atoms with Gasteiger partial charge in [0.05, 0.1) is 6.10 Å². The number of aliphatic hydroxyl groups excluding tert-OH is 2. The van der Waals surface area contributed by atoms with Gasteiger partial charge >= 0.3 is 6.09 Å². The number of aromatic amines is 1. The first kappa shape index (κ1) is 21.9. The van der Waals surface area contributed by atoms with Gasteiger partial charge in [-0.25, -0.2) is 9.31 Å². The zero-order valence-corrected chi connectivity index (χ0v) is 18.2. The standard InChI is InChI=1S/C25H24N4O5/c30-22(23(31)15-11-21-24(32)27-14-28-29(21)12-15)9-10-26-25(33)34-13-20-18-7-3-1-5-16(18)17-6-2-4-8-19(17)20/h1-8,11-12,14,20,22-23,30-31H,9-10,13H2,(H,26,33)(H,27,28,32). The summed E-state index contributed by atoms with van der Waals surface area (Å²) < 4.78 is 6.81. The Balaban J connectivity index is 1.14. The van der Waals surface area contributed by atoms with Crippen molar-refractivity contribution in [3.63, 3.8) is 0 Å². The number of alkyl carbamates (subject to hydrolysis) is 1. The molecule has 0 bridgehead atoms. The van der Waals surface area contributed by atoms with Crippen LogP contribution in [0.25, 0.3) is 16.6 Å². The Morgan fingerprint density at radius 1 is 1.12 bits per heavy atom. The lowest BCUT2D eigenvalue weighted by Crippen LogP contribution is -2.30. The molecule has 0 radical (unpaired) electrons. The molecule has 5 rings (SSSR count). The van der Waals surface area contributed by atoms with Gasteiger partial charge in [-0.2, -0.15) is 5.10 Å². The number of nitrogens with one attached hydrogen (secondary N) is 2. The first-order valence-electron chi connectivity index (χ1n) is 11.0. The third-order valence-electron chi connectivity index (χ3n) is 6.19. The van der Waals surface area contributed by atoms with Crippen LogP contribution in [0.5, 0.6) is 0 Å². The average Bonchev–Trinajstić information content (AvgIpc) is 3.43. The number of amides is 1. The van der Waals surface area contributed by atoms with Crippen LogP contribution < -0.4 is 10.9 Å². The Hall–Kier alpha value is -3.95. The van der Waals surface area contributed by atoms with Gasteiger partial charge in [-0.3, -0.25) is 4.79 Å². The molecule has 2 aromatic carbocycles. The monoisotopic (exact) mass is 460 g/mol. The van der Waals surface area contributed by atoms with E-state index in [4.69, 9.17) is 4.74 Å². The molecule has 0 saturated carbocycles. The van der Waals surface area contributed by atoms with Gasteiger partial charge in [0.1, 0.15) is 24.6 Å². The number of nitrogens with zero attached hydrogens (tertiary/aromatic N) is 2. The maximum absolute atomic E-state index is 12.3. The summed E-state index contributed by atoms with van der Waals surface area (Å²) in [5.41, 5.74) is 4.84. The van der Waals surface area contributed by atoms with Crippen LogP contribution in [0.2, 0.25) is 0 Å². The molecule has 2 aromatic heterocycles. The molecular weight excluding hydrogens is 436 g/mol. The first-order valence-corrected chi connectivity index (χ1v) is 11.0. The number of aliphatic hydroxyl groups is 2. The van der Waals surface area contributed by atoms with E-state index in [1.165, 1.54) is 23.1 Å². The molecule has 0 saturated heterocycles. The van der Waals surface area contributed by atoms with Crippen molar-refractivity contribution in [1.29, 1.82) is 0 Å². The number of hydrogen-bond donors (Lipinski definition) is 4. The molecule has 2 unspecified atom stereocenters. The topological polar surface area (TPSA) is 129 Å². The van der Waals surface area contributed by atoms with Crippen LogP contribution in [0, 0.1) is 0 Å². The summed E-state index contributed by atoms with van der Waals surface area (Å²) in [7, 11) is 0. The summed E-state index contributed by atoms with van der Waals surface area (Å²) in [5, 5.41) is 27.4. The third-order valence-corrected chi connectivity index (χ3v) is 6.19. The fourth-order valence-corrected chi connectivity index (χ4v) is 4.47. The highest BCUT2D eigenvalue weighted by atomic mass is 16.5. The number of carbonyl (C=O) groups excluding carboxylic acids is 1. The van der Waals surface area contributed by atoms with E-state index >= 15 is 0 Å². The number of ether oxygens (including phenoxy) is 1. The predicted molar refractivity (Wildman–Crippen MR) is 124 cm³/mol. The highest BCUT2D eigenvalue weighted by Gasteiger charge is 2.29. The van der Waals surface area contributed by atoms with E-state index in [1.54, 1.807) is 0 Å². The Kier molecular flexibility index (Phi) is 5.87. The maximum Gasteiger partial charge on any atom is 0.407 e. The molecule has 4 aromatic rings. The number of benzene rings is 2. The second-order valence-electron chi connectivity index (χ2n) is 8.27. The van der Waals surface area contributed by atoms with Crippen molar-refractivity contribution in [2.75, 3.05) is 13.2 Å². The molecule has 34 heavy (non-hydrogen) atoms. The third kappa shape index (κ3) is 4.07. The number of carbonyl (C=O) groups is 1. The lowest BCUT2D eigenvalue weighted by atomic mass is 9.98. The molecule has 1 amide bonds. The van der Waals surface area contributed by atoms with Crippen LogP contribution >= 0.6 is 0 Å². The number of H-pyrrole nitrogens is 1. The first-order chi connectivity index (χ1) is 16.5. The van der Waals surface area contributed by atoms with E-state index in [2.05, 4.69) is 27.5 Å². The SMILES string of the molecule is O=C(NCCC(O)C(O)c1cc2c(=O)[nH]cnn2c1)OCC1c2ccccc2-c2ccccc21. The quantitative estimate of drug-likeness (QED) is 0.335. The summed E-state index contributed by atoms with van der Waals surface area (Å²) in [4.78, 5) is 26.5. The van der Waals surface area contributed by atoms with Gasteiger partial charge in [-0.1, -0.05) is 48.5 Å². The molecule has 174 valence electrons. The van der Waals surface area contributed by atoms with Crippen LogP contribution in [0.3, 0.4) is 0 Å². The Morgan fingerprint density at radius 3 is 2.47 bits per heavy atom. The van der Waals surface area contributed by atoms with Gasteiger partial charge in [0, 0.05) is 24.2 Å². The van der Waals surface area contributed by atoms with Crippen molar-refractivity contribution in [3.8, 4) is 11.1 Å². The highest BCUT2D eigenvalue weighted by Crippen LogP contribution is 2.44. The largest absolute Gasteiger partial charge is 0.449 e. The highest BCUT2D eigenvalue weighted by molar-refractivity contribution is 5.79. The summed E-state index contributed by atoms with van der Waals surface area (Å²) in [6.07, 6.45) is -0.136. The minimum absolute atomic E-state index is 0.0358. The summed E-state index contributed by atoms with van der Waals surface area (Å²) >= 11 is 0.